The molecule has 0 radical (unpaired) electrons. The van der Waals surface area contributed by atoms with Crippen LogP contribution in [0.1, 0.15) is 40.8 Å². The third-order valence-corrected chi connectivity index (χ3v) is 6.61. The van der Waals surface area contributed by atoms with E-state index in [2.05, 4.69) is 48.8 Å². The first kappa shape index (κ1) is 24.8. The van der Waals surface area contributed by atoms with Crippen LogP contribution in [-0.4, -0.2) is 69.3 Å². The molecule has 0 spiro atoms. The van der Waals surface area contributed by atoms with Crippen molar-refractivity contribution in [3.63, 3.8) is 0 Å². The summed E-state index contributed by atoms with van der Waals surface area (Å²) in [5, 5.41) is 15.6. The van der Waals surface area contributed by atoms with E-state index >= 15 is 0 Å². The van der Waals surface area contributed by atoms with Gasteiger partial charge in [-0.05, 0) is 65.9 Å². The van der Waals surface area contributed by atoms with E-state index in [0.717, 1.165) is 31.6 Å². The van der Waals surface area contributed by atoms with Gasteiger partial charge < -0.3 is 15.2 Å². The zero-order chi connectivity index (χ0) is 23.7. The molecule has 0 bridgehead atoms. The van der Waals surface area contributed by atoms with Gasteiger partial charge in [0, 0.05) is 43.0 Å². The molecule has 11 nitrogen and oxygen atoms in total. The molecule has 1 saturated heterocycles. The summed E-state index contributed by atoms with van der Waals surface area (Å²) in [4.78, 5) is 19.2. The monoisotopic (exact) mass is 500 g/mol. The molecule has 3 aromatic rings. The number of nitrogens with zero attached hydrogens (tertiary/aromatic N) is 5. The molecule has 2 aliphatic rings. The maximum atomic E-state index is 12.1. The van der Waals surface area contributed by atoms with Crippen LogP contribution in [0.25, 0.3) is 0 Å². The van der Waals surface area contributed by atoms with E-state index in [-0.39, 0.29) is 48.9 Å². The van der Waals surface area contributed by atoms with Crippen LogP contribution in [0.5, 0.6) is 11.5 Å². The molecule has 186 valence electrons. The number of rotatable bonds is 6. The summed E-state index contributed by atoms with van der Waals surface area (Å²) < 4.78 is 11.4. The number of aromatic amines is 1. The molecule has 12 heteroatoms. The molecular weight excluding hydrogens is 472 g/mol. The number of carbonyl (C=O) groups is 1. The van der Waals surface area contributed by atoms with E-state index in [4.69, 9.17) is 15.2 Å². The number of nitrogens with one attached hydrogen (secondary N) is 2. The van der Waals surface area contributed by atoms with Gasteiger partial charge in [0.25, 0.3) is 11.9 Å². The zero-order valence-electron chi connectivity index (χ0n) is 19.6. The lowest BCUT2D eigenvalue weighted by molar-refractivity contribution is -0.118. The second-order valence-corrected chi connectivity index (χ2v) is 8.80. The molecule has 2 aliphatic heterocycles. The summed E-state index contributed by atoms with van der Waals surface area (Å²) in [5.41, 5.74) is 11.3. The standard InChI is InChI=1S/C23H28N8O3.ClH/c1-13-3-5-25-18(7-13)16-11-31-6-4-14-8-21(34-12-22(32)26-23-27-29-30-28-23)20(33-2)9-15(14)19(31)10-17(16)24;/h3,5,7-9,16-17,19H,4,6,10-12,24H2,1-2H3,(H2,26,27,28,29,30,32);1H. The summed E-state index contributed by atoms with van der Waals surface area (Å²) in [7, 11) is 1.60. The average Bonchev–Trinajstić information content (AvgIpc) is 3.34. The molecule has 2 aromatic heterocycles. The van der Waals surface area contributed by atoms with Crippen molar-refractivity contribution in [2.45, 2.75) is 37.8 Å². The van der Waals surface area contributed by atoms with Crippen LogP contribution < -0.4 is 20.5 Å². The lowest BCUT2D eigenvalue weighted by atomic mass is 9.79. The first-order valence-corrected chi connectivity index (χ1v) is 11.3. The van der Waals surface area contributed by atoms with Gasteiger partial charge in [0.05, 0.1) is 7.11 Å². The fourth-order valence-electron chi connectivity index (χ4n) is 4.93. The number of piperidine rings is 1. The van der Waals surface area contributed by atoms with Crippen LogP contribution in [0.3, 0.4) is 0 Å². The summed E-state index contributed by atoms with van der Waals surface area (Å²) in [6, 6.07) is 8.38. The molecule has 35 heavy (non-hydrogen) atoms. The zero-order valence-corrected chi connectivity index (χ0v) is 20.4. The van der Waals surface area contributed by atoms with Gasteiger partial charge in [0.1, 0.15) is 0 Å². The lowest BCUT2D eigenvalue weighted by Gasteiger charge is -2.46. The van der Waals surface area contributed by atoms with Crippen LogP contribution >= 0.6 is 12.4 Å². The third-order valence-electron chi connectivity index (χ3n) is 6.61. The predicted octanol–water partition coefficient (Wildman–Crippen LogP) is 1.77. The highest BCUT2D eigenvalue weighted by Gasteiger charge is 2.39. The number of nitrogens with two attached hydrogens (primary N) is 1. The Kier molecular flexibility index (Phi) is 7.48. The number of ether oxygens (including phenoxy) is 2. The van der Waals surface area contributed by atoms with Crippen molar-refractivity contribution in [1.82, 2.24) is 30.5 Å². The van der Waals surface area contributed by atoms with E-state index in [1.807, 2.05) is 24.4 Å². The summed E-state index contributed by atoms with van der Waals surface area (Å²) >= 11 is 0. The van der Waals surface area contributed by atoms with Crippen molar-refractivity contribution in [3.8, 4) is 11.5 Å². The molecule has 1 aromatic carbocycles. The minimum atomic E-state index is -0.388. The van der Waals surface area contributed by atoms with Crippen LogP contribution in [0.15, 0.2) is 30.5 Å². The number of aryl methyl sites for hydroxylation is 1. The maximum Gasteiger partial charge on any atom is 0.269 e. The van der Waals surface area contributed by atoms with E-state index in [9.17, 15) is 4.79 Å². The van der Waals surface area contributed by atoms with Gasteiger partial charge >= 0.3 is 0 Å². The Bertz CT molecular complexity index is 1180. The number of hydrogen-bond donors (Lipinski definition) is 3. The molecule has 1 amide bonds. The SMILES string of the molecule is COc1cc2c(cc1OCC(=O)Nc1nn[nH]n1)CCN1CC(c3cc(C)ccn3)C(N)CC21.Cl. The molecule has 1 fully saturated rings. The molecule has 3 atom stereocenters. The number of methoxy groups -OCH3 is 1. The first-order chi connectivity index (χ1) is 16.5. The lowest BCUT2D eigenvalue weighted by Crippen LogP contribution is -2.50. The minimum Gasteiger partial charge on any atom is -0.493 e. The maximum absolute atomic E-state index is 12.1. The van der Waals surface area contributed by atoms with Crippen molar-refractivity contribution in [3.05, 3.63) is 52.8 Å². The fraction of sp³-hybridized carbons (Fsp3) is 0.435. The largest absolute Gasteiger partial charge is 0.493 e. The fourth-order valence-corrected chi connectivity index (χ4v) is 4.93. The van der Waals surface area contributed by atoms with Gasteiger partial charge in [0.15, 0.2) is 18.1 Å². The summed E-state index contributed by atoms with van der Waals surface area (Å²) in [6.07, 6.45) is 3.58. The highest BCUT2D eigenvalue weighted by Crippen LogP contribution is 2.44. The highest BCUT2D eigenvalue weighted by atomic mass is 35.5. The van der Waals surface area contributed by atoms with Crippen molar-refractivity contribution in [2.75, 3.05) is 32.1 Å². The van der Waals surface area contributed by atoms with Gasteiger partial charge in [-0.25, -0.2) is 0 Å². The number of tetrazole rings is 1. The number of benzene rings is 1. The van der Waals surface area contributed by atoms with Crippen LogP contribution in [0.2, 0.25) is 0 Å². The highest BCUT2D eigenvalue weighted by molar-refractivity contribution is 5.90. The van der Waals surface area contributed by atoms with Crippen molar-refractivity contribution < 1.29 is 14.3 Å². The minimum absolute atomic E-state index is 0. The summed E-state index contributed by atoms with van der Waals surface area (Å²) in [6.45, 7) is 3.69. The summed E-state index contributed by atoms with van der Waals surface area (Å²) in [5.74, 6) is 1.03. The molecule has 0 aliphatic carbocycles. The van der Waals surface area contributed by atoms with Gasteiger partial charge in [0.2, 0.25) is 0 Å². The Morgan fingerprint density at radius 1 is 1.31 bits per heavy atom. The third kappa shape index (κ3) is 5.21. The number of pyridine rings is 1. The number of hydrogen-bond acceptors (Lipinski definition) is 9. The molecule has 0 saturated carbocycles. The Labute approximate surface area is 209 Å². The number of halogens is 1. The first-order valence-electron chi connectivity index (χ1n) is 11.3. The van der Waals surface area contributed by atoms with Crippen LogP contribution in [-0.2, 0) is 11.2 Å². The number of H-pyrrole nitrogens is 1. The average molecular weight is 501 g/mol. The van der Waals surface area contributed by atoms with E-state index < -0.39 is 0 Å². The predicted molar refractivity (Wildman–Crippen MR) is 131 cm³/mol. The number of anilines is 1. The second kappa shape index (κ2) is 10.5. The van der Waals surface area contributed by atoms with Crippen LogP contribution in [0.4, 0.5) is 5.95 Å². The number of aromatic nitrogens is 5. The smallest absolute Gasteiger partial charge is 0.269 e. The van der Waals surface area contributed by atoms with Crippen molar-refractivity contribution >= 4 is 24.3 Å². The van der Waals surface area contributed by atoms with Gasteiger partial charge in [-0.3, -0.25) is 20.0 Å². The van der Waals surface area contributed by atoms with Crippen molar-refractivity contribution in [2.24, 2.45) is 5.73 Å². The number of carbonyl (C=O) groups excluding carboxylic acids is 1. The Morgan fingerprint density at radius 3 is 2.91 bits per heavy atom. The molecule has 3 unspecified atom stereocenters. The molecular formula is C23H29ClN8O3. The van der Waals surface area contributed by atoms with Gasteiger partial charge in [-0.15, -0.1) is 17.5 Å². The Morgan fingerprint density at radius 2 is 2.17 bits per heavy atom. The molecule has 5 rings (SSSR count). The van der Waals surface area contributed by atoms with Crippen LogP contribution in [0, 0.1) is 6.92 Å². The van der Waals surface area contributed by atoms with E-state index in [0.29, 0.717) is 11.5 Å². The quantitative estimate of drug-likeness (QED) is 0.461. The van der Waals surface area contributed by atoms with E-state index in [1.54, 1.807) is 7.11 Å². The molecule has 4 N–H and O–H groups in total. The number of fused-ring (bicyclic) bond motifs is 3. The topological polar surface area (TPSA) is 144 Å². The van der Waals surface area contributed by atoms with E-state index in [1.165, 1.54) is 16.7 Å². The van der Waals surface area contributed by atoms with Crippen molar-refractivity contribution in [1.29, 1.82) is 0 Å². The second-order valence-electron chi connectivity index (χ2n) is 8.80. The van der Waals surface area contributed by atoms with Gasteiger partial charge in [-0.1, -0.05) is 5.10 Å². The normalized spacial score (nSPS) is 21.3. The molecule has 4 heterocycles. The Hall–Kier alpha value is -3.28. The Balaban J connectivity index is 0.00000289. The van der Waals surface area contributed by atoms with Gasteiger partial charge in [-0.2, -0.15) is 5.21 Å². The number of amides is 1.